The summed E-state index contributed by atoms with van der Waals surface area (Å²) in [4.78, 5) is 12.3. The SMILES string of the molecule is CCCCC/C=C\C=C/CCCCCCC(O)CC(=O)NC(CO)C(O)/C=C/CCCCCCCCC. The lowest BCUT2D eigenvalue weighted by Gasteiger charge is -2.21. The molecule has 0 aliphatic carbocycles. The minimum absolute atomic E-state index is 0.00169. The summed E-state index contributed by atoms with van der Waals surface area (Å²) in [6.45, 7) is 4.10. The summed E-state index contributed by atoms with van der Waals surface area (Å²) >= 11 is 0. The number of carbonyl (C=O) groups is 1. The monoisotopic (exact) mass is 521 g/mol. The van der Waals surface area contributed by atoms with Crippen molar-refractivity contribution in [3.05, 3.63) is 36.5 Å². The largest absolute Gasteiger partial charge is 0.394 e. The summed E-state index contributed by atoms with van der Waals surface area (Å²) in [5, 5.41) is 32.7. The van der Waals surface area contributed by atoms with Crippen molar-refractivity contribution in [1.29, 1.82) is 0 Å². The average molecular weight is 522 g/mol. The lowest BCUT2D eigenvalue weighted by Crippen LogP contribution is -2.45. The molecule has 0 aliphatic heterocycles. The number of aliphatic hydroxyl groups excluding tert-OH is 3. The van der Waals surface area contributed by atoms with Gasteiger partial charge in [0.25, 0.3) is 0 Å². The van der Waals surface area contributed by atoms with Gasteiger partial charge in [-0.1, -0.05) is 121 Å². The van der Waals surface area contributed by atoms with Crippen molar-refractivity contribution >= 4 is 5.91 Å². The van der Waals surface area contributed by atoms with Crippen molar-refractivity contribution in [2.45, 2.75) is 154 Å². The molecule has 0 rings (SSSR count). The van der Waals surface area contributed by atoms with Gasteiger partial charge in [-0.3, -0.25) is 4.79 Å². The molecule has 5 nitrogen and oxygen atoms in total. The van der Waals surface area contributed by atoms with Gasteiger partial charge in [0.05, 0.1) is 31.3 Å². The Morgan fingerprint density at radius 3 is 1.78 bits per heavy atom. The molecule has 37 heavy (non-hydrogen) atoms. The Hall–Kier alpha value is -1.43. The highest BCUT2D eigenvalue weighted by Gasteiger charge is 2.20. The molecular formula is C32H59NO4. The van der Waals surface area contributed by atoms with Gasteiger partial charge in [0.15, 0.2) is 0 Å². The first kappa shape index (κ1) is 35.6. The molecule has 4 N–H and O–H groups in total. The standard InChI is InChI=1S/C32H59NO4/c1-3-5-7-9-11-13-14-15-16-18-19-21-23-25-29(35)27-32(37)33-30(28-34)31(36)26-24-22-20-17-12-10-8-6-4-2/h11,13-15,24,26,29-31,34-36H,3-10,12,16-23,25,27-28H2,1-2H3,(H,33,37)/b13-11-,15-14-,26-24+. The van der Waals surface area contributed by atoms with E-state index in [1.165, 1.54) is 57.8 Å². The maximum atomic E-state index is 12.3. The smallest absolute Gasteiger partial charge is 0.222 e. The van der Waals surface area contributed by atoms with E-state index in [-0.39, 0.29) is 18.9 Å². The first-order valence-electron chi connectivity index (χ1n) is 15.3. The highest BCUT2D eigenvalue weighted by Crippen LogP contribution is 2.11. The van der Waals surface area contributed by atoms with Crippen LogP contribution < -0.4 is 5.32 Å². The van der Waals surface area contributed by atoms with Gasteiger partial charge in [-0.2, -0.15) is 0 Å². The quantitative estimate of drug-likeness (QED) is 0.0546. The van der Waals surface area contributed by atoms with Crippen molar-refractivity contribution in [1.82, 2.24) is 5.32 Å². The van der Waals surface area contributed by atoms with Crippen LogP contribution in [0.2, 0.25) is 0 Å². The number of hydrogen-bond acceptors (Lipinski definition) is 4. The van der Waals surface area contributed by atoms with Crippen molar-refractivity contribution in [2.24, 2.45) is 0 Å². The van der Waals surface area contributed by atoms with Gasteiger partial charge < -0.3 is 20.6 Å². The van der Waals surface area contributed by atoms with Gasteiger partial charge in [-0.05, 0) is 44.9 Å². The zero-order valence-corrected chi connectivity index (χ0v) is 24.1. The number of aliphatic hydroxyl groups is 3. The van der Waals surface area contributed by atoms with E-state index in [4.69, 9.17) is 0 Å². The molecule has 3 unspecified atom stereocenters. The Morgan fingerprint density at radius 2 is 1.19 bits per heavy atom. The summed E-state index contributed by atoms with van der Waals surface area (Å²) in [5.41, 5.74) is 0. The third-order valence-corrected chi connectivity index (χ3v) is 6.70. The molecule has 0 bridgehead atoms. The van der Waals surface area contributed by atoms with Crippen LogP contribution in [0, 0.1) is 0 Å². The topological polar surface area (TPSA) is 89.8 Å². The Bertz CT molecular complexity index is 587. The van der Waals surface area contributed by atoms with Crippen LogP contribution in [-0.2, 0) is 4.79 Å². The Kier molecular flexibility index (Phi) is 26.5. The molecule has 0 spiro atoms. The molecule has 0 fully saturated rings. The first-order chi connectivity index (χ1) is 18.0. The van der Waals surface area contributed by atoms with Gasteiger partial charge >= 0.3 is 0 Å². The lowest BCUT2D eigenvalue weighted by molar-refractivity contribution is -0.124. The zero-order valence-electron chi connectivity index (χ0n) is 24.1. The minimum atomic E-state index is -0.929. The van der Waals surface area contributed by atoms with Crippen LogP contribution >= 0.6 is 0 Å². The van der Waals surface area contributed by atoms with Gasteiger partial charge in [-0.15, -0.1) is 0 Å². The molecule has 0 radical (unpaired) electrons. The second kappa shape index (κ2) is 27.6. The number of rotatable bonds is 26. The molecule has 0 heterocycles. The Balaban J connectivity index is 3.87. The van der Waals surface area contributed by atoms with Crippen molar-refractivity contribution < 1.29 is 20.1 Å². The Morgan fingerprint density at radius 1 is 0.703 bits per heavy atom. The van der Waals surface area contributed by atoms with Crippen LogP contribution in [0.4, 0.5) is 0 Å². The zero-order chi connectivity index (χ0) is 27.4. The number of carbonyl (C=O) groups excluding carboxylic acids is 1. The predicted octanol–water partition coefficient (Wildman–Crippen LogP) is 7.31. The van der Waals surface area contributed by atoms with Crippen LogP contribution in [0.5, 0.6) is 0 Å². The molecule has 5 heteroatoms. The van der Waals surface area contributed by atoms with Crippen LogP contribution in [0.25, 0.3) is 0 Å². The molecule has 0 aliphatic rings. The van der Waals surface area contributed by atoms with E-state index in [1.807, 2.05) is 6.08 Å². The van der Waals surface area contributed by atoms with E-state index in [1.54, 1.807) is 6.08 Å². The molecule has 0 saturated heterocycles. The summed E-state index contributed by atoms with van der Waals surface area (Å²) in [6, 6.07) is -0.746. The van der Waals surface area contributed by atoms with Crippen LogP contribution in [0.15, 0.2) is 36.5 Å². The predicted molar refractivity (Wildman–Crippen MR) is 158 cm³/mol. The average Bonchev–Trinajstić information content (AvgIpc) is 2.88. The van der Waals surface area contributed by atoms with E-state index in [2.05, 4.69) is 43.5 Å². The lowest BCUT2D eigenvalue weighted by atomic mass is 10.0. The van der Waals surface area contributed by atoms with E-state index in [0.717, 1.165) is 51.4 Å². The second-order valence-electron chi connectivity index (χ2n) is 10.4. The normalized spacial score (nSPS) is 14.6. The van der Waals surface area contributed by atoms with Gasteiger partial charge in [0.1, 0.15) is 0 Å². The van der Waals surface area contributed by atoms with Crippen molar-refractivity contribution in [2.75, 3.05) is 6.61 Å². The fraction of sp³-hybridized carbons (Fsp3) is 0.781. The van der Waals surface area contributed by atoms with E-state index in [9.17, 15) is 20.1 Å². The molecule has 1 amide bonds. The van der Waals surface area contributed by atoms with Crippen LogP contribution in [0.1, 0.15) is 136 Å². The summed E-state index contributed by atoms with van der Waals surface area (Å²) in [5.74, 6) is -0.334. The number of nitrogens with one attached hydrogen (secondary N) is 1. The molecule has 0 saturated carbocycles. The molecule has 0 aromatic carbocycles. The van der Waals surface area contributed by atoms with Gasteiger partial charge in [0.2, 0.25) is 5.91 Å². The second-order valence-corrected chi connectivity index (χ2v) is 10.4. The minimum Gasteiger partial charge on any atom is -0.394 e. The van der Waals surface area contributed by atoms with E-state index < -0.39 is 18.2 Å². The van der Waals surface area contributed by atoms with E-state index >= 15 is 0 Å². The molecule has 3 atom stereocenters. The van der Waals surface area contributed by atoms with Crippen molar-refractivity contribution in [3.63, 3.8) is 0 Å². The van der Waals surface area contributed by atoms with Crippen molar-refractivity contribution in [3.8, 4) is 0 Å². The maximum Gasteiger partial charge on any atom is 0.222 e. The number of allylic oxidation sites excluding steroid dienone is 5. The third-order valence-electron chi connectivity index (χ3n) is 6.70. The van der Waals surface area contributed by atoms with Gasteiger partial charge in [0, 0.05) is 0 Å². The fourth-order valence-corrected chi connectivity index (χ4v) is 4.27. The number of amides is 1. The highest BCUT2D eigenvalue weighted by molar-refractivity contribution is 5.76. The Labute approximate surface area is 228 Å². The number of hydrogen-bond donors (Lipinski definition) is 4. The molecule has 216 valence electrons. The van der Waals surface area contributed by atoms with Gasteiger partial charge in [-0.25, -0.2) is 0 Å². The van der Waals surface area contributed by atoms with E-state index in [0.29, 0.717) is 6.42 Å². The number of unbranched alkanes of at least 4 members (excludes halogenated alkanes) is 14. The summed E-state index contributed by atoms with van der Waals surface area (Å²) < 4.78 is 0. The molecular weight excluding hydrogens is 462 g/mol. The fourth-order valence-electron chi connectivity index (χ4n) is 4.27. The molecule has 0 aromatic rings. The first-order valence-corrected chi connectivity index (χ1v) is 15.3. The van der Waals surface area contributed by atoms with Crippen LogP contribution in [-0.4, -0.2) is 46.1 Å². The summed E-state index contributed by atoms with van der Waals surface area (Å²) in [6.07, 6.45) is 31.2. The van der Waals surface area contributed by atoms with Crippen LogP contribution in [0.3, 0.4) is 0 Å². The molecule has 0 aromatic heterocycles. The third kappa shape index (κ3) is 24.7. The maximum absolute atomic E-state index is 12.3. The highest BCUT2D eigenvalue weighted by atomic mass is 16.3. The summed E-state index contributed by atoms with van der Waals surface area (Å²) in [7, 11) is 0.